The first-order valence-corrected chi connectivity index (χ1v) is 6.96. The summed E-state index contributed by atoms with van der Waals surface area (Å²) in [5, 5.41) is 10.2. The van der Waals surface area contributed by atoms with Crippen LogP contribution in [0.3, 0.4) is 0 Å². The number of aromatic hydroxyl groups is 1. The highest BCUT2D eigenvalue weighted by atomic mass is 35.5. The number of carbonyl (C=O) groups is 1. The molecule has 1 saturated heterocycles. The summed E-state index contributed by atoms with van der Waals surface area (Å²) in [4.78, 5) is 12.9. The Bertz CT molecular complexity index is 563. The number of rotatable bonds is 3. The van der Waals surface area contributed by atoms with Crippen LogP contribution in [0.1, 0.15) is 24.3 Å². The Labute approximate surface area is 129 Å². The quantitative estimate of drug-likeness (QED) is 0.903. The standard InChI is InChI=1S/C13H12Cl2F3NO2/c14-8-1-2-9(20)11(12(8)15)7-5-10(21)19(6-7)4-3-13(16,17)18/h1-2,7,20H,3-6H2/t7-/m1/s1. The maximum Gasteiger partial charge on any atom is 0.390 e. The summed E-state index contributed by atoms with van der Waals surface area (Å²) in [6.07, 6.45) is -5.36. The van der Waals surface area contributed by atoms with Crippen LogP contribution in [0.4, 0.5) is 13.2 Å². The molecule has 1 amide bonds. The summed E-state index contributed by atoms with van der Waals surface area (Å²) >= 11 is 11.9. The summed E-state index contributed by atoms with van der Waals surface area (Å²) < 4.78 is 36.7. The summed E-state index contributed by atoms with van der Waals surface area (Å²) in [6, 6.07) is 2.77. The normalized spacial score (nSPS) is 19.4. The van der Waals surface area contributed by atoms with E-state index in [0.29, 0.717) is 5.56 Å². The Morgan fingerprint density at radius 1 is 1.33 bits per heavy atom. The van der Waals surface area contributed by atoms with Crippen molar-refractivity contribution in [2.45, 2.75) is 24.9 Å². The molecule has 0 aliphatic carbocycles. The van der Waals surface area contributed by atoms with Gasteiger partial charge in [-0.3, -0.25) is 4.79 Å². The minimum absolute atomic E-state index is 0.00544. The zero-order valence-electron chi connectivity index (χ0n) is 10.8. The SMILES string of the molecule is O=C1C[C@@H](c2c(O)ccc(Cl)c2Cl)CN1CCC(F)(F)F. The highest BCUT2D eigenvalue weighted by molar-refractivity contribution is 6.42. The molecule has 0 spiro atoms. The number of halogens is 5. The predicted octanol–water partition coefficient (Wildman–Crippen LogP) is 3.97. The van der Waals surface area contributed by atoms with Crippen molar-refractivity contribution in [3.8, 4) is 5.75 Å². The molecule has 3 nitrogen and oxygen atoms in total. The first-order valence-electron chi connectivity index (χ1n) is 6.20. The van der Waals surface area contributed by atoms with Crippen molar-refractivity contribution in [1.29, 1.82) is 0 Å². The van der Waals surface area contributed by atoms with Gasteiger partial charge in [0, 0.05) is 31.0 Å². The molecule has 8 heteroatoms. The lowest BCUT2D eigenvalue weighted by Gasteiger charge is -2.18. The van der Waals surface area contributed by atoms with E-state index in [2.05, 4.69) is 0 Å². The Morgan fingerprint density at radius 3 is 2.62 bits per heavy atom. The van der Waals surface area contributed by atoms with E-state index in [1.807, 2.05) is 0 Å². The predicted molar refractivity (Wildman–Crippen MR) is 72.7 cm³/mol. The molecule has 116 valence electrons. The molecule has 1 aromatic carbocycles. The van der Waals surface area contributed by atoms with Crippen LogP contribution in [0.5, 0.6) is 5.75 Å². The lowest BCUT2D eigenvalue weighted by atomic mass is 9.97. The third-order valence-electron chi connectivity index (χ3n) is 3.40. The van der Waals surface area contributed by atoms with Crippen molar-refractivity contribution < 1.29 is 23.1 Å². The van der Waals surface area contributed by atoms with E-state index in [-0.39, 0.29) is 34.7 Å². The van der Waals surface area contributed by atoms with Gasteiger partial charge in [-0.15, -0.1) is 0 Å². The third kappa shape index (κ3) is 3.74. The van der Waals surface area contributed by atoms with Gasteiger partial charge in [0.2, 0.25) is 5.91 Å². The summed E-state index contributed by atoms with van der Waals surface area (Å²) in [7, 11) is 0. The second kappa shape index (κ2) is 5.93. The van der Waals surface area contributed by atoms with Crippen molar-refractivity contribution in [3.63, 3.8) is 0 Å². The fourth-order valence-corrected chi connectivity index (χ4v) is 2.87. The van der Waals surface area contributed by atoms with Gasteiger partial charge in [-0.1, -0.05) is 23.2 Å². The van der Waals surface area contributed by atoms with Crippen molar-refractivity contribution in [1.82, 2.24) is 4.90 Å². The molecule has 1 N–H and O–H groups in total. The van der Waals surface area contributed by atoms with Crippen LogP contribution in [0.15, 0.2) is 12.1 Å². The molecule has 0 aromatic heterocycles. The van der Waals surface area contributed by atoms with E-state index >= 15 is 0 Å². The van der Waals surface area contributed by atoms with Gasteiger partial charge >= 0.3 is 6.18 Å². The number of hydrogen-bond acceptors (Lipinski definition) is 2. The number of alkyl halides is 3. The lowest BCUT2D eigenvalue weighted by molar-refractivity contribution is -0.143. The van der Waals surface area contributed by atoms with Crippen LogP contribution in [0.2, 0.25) is 10.0 Å². The highest BCUT2D eigenvalue weighted by Gasteiger charge is 2.36. The Balaban J connectivity index is 2.15. The second-order valence-corrected chi connectivity index (χ2v) is 5.69. The van der Waals surface area contributed by atoms with Gasteiger partial charge in [0.1, 0.15) is 5.75 Å². The molecule has 1 atom stereocenters. The fourth-order valence-electron chi connectivity index (χ4n) is 2.39. The molecule has 0 unspecified atom stereocenters. The molecule has 1 heterocycles. The van der Waals surface area contributed by atoms with E-state index in [1.54, 1.807) is 0 Å². The number of nitrogens with zero attached hydrogens (tertiary/aromatic N) is 1. The molecule has 21 heavy (non-hydrogen) atoms. The number of amides is 1. The average molecular weight is 342 g/mol. The molecule has 1 fully saturated rings. The zero-order valence-corrected chi connectivity index (χ0v) is 12.3. The van der Waals surface area contributed by atoms with Crippen molar-refractivity contribution in [3.05, 3.63) is 27.7 Å². The number of likely N-dealkylation sites (tertiary alicyclic amines) is 1. The smallest absolute Gasteiger partial charge is 0.390 e. The van der Waals surface area contributed by atoms with Gasteiger partial charge in [-0.25, -0.2) is 0 Å². The molecule has 0 bridgehead atoms. The molecule has 1 aromatic rings. The number of carbonyl (C=O) groups excluding carboxylic acids is 1. The van der Waals surface area contributed by atoms with Crippen LogP contribution < -0.4 is 0 Å². The number of hydrogen-bond donors (Lipinski definition) is 1. The van der Waals surface area contributed by atoms with E-state index in [4.69, 9.17) is 23.2 Å². The largest absolute Gasteiger partial charge is 0.508 e. The van der Waals surface area contributed by atoms with Crippen LogP contribution >= 0.6 is 23.2 Å². The highest BCUT2D eigenvalue weighted by Crippen LogP contribution is 2.41. The van der Waals surface area contributed by atoms with Crippen LogP contribution in [0.25, 0.3) is 0 Å². The van der Waals surface area contributed by atoms with E-state index < -0.39 is 25.1 Å². The minimum atomic E-state index is -4.31. The summed E-state index contributed by atoms with van der Waals surface area (Å²) in [6.45, 7) is -0.305. The molecule has 1 aliphatic rings. The first kappa shape index (κ1) is 16.2. The van der Waals surface area contributed by atoms with Gasteiger partial charge in [0.25, 0.3) is 0 Å². The van der Waals surface area contributed by atoms with Gasteiger partial charge < -0.3 is 10.0 Å². The Morgan fingerprint density at radius 2 is 2.00 bits per heavy atom. The molecular formula is C13H12Cl2F3NO2. The minimum Gasteiger partial charge on any atom is -0.508 e. The molecular weight excluding hydrogens is 330 g/mol. The summed E-state index contributed by atoms with van der Waals surface area (Å²) in [5.41, 5.74) is 0.312. The third-order valence-corrected chi connectivity index (χ3v) is 4.22. The first-order chi connectivity index (χ1) is 9.69. The molecule has 0 saturated carbocycles. The monoisotopic (exact) mass is 341 g/mol. The van der Waals surface area contributed by atoms with Crippen LogP contribution in [0, 0.1) is 0 Å². The van der Waals surface area contributed by atoms with Crippen molar-refractivity contribution in [2.24, 2.45) is 0 Å². The number of benzene rings is 1. The zero-order chi connectivity index (χ0) is 15.8. The fraction of sp³-hybridized carbons (Fsp3) is 0.462. The second-order valence-electron chi connectivity index (χ2n) is 4.90. The molecule has 1 aliphatic heterocycles. The summed E-state index contributed by atoms with van der Waals surface area (Å²) in [5.74, 6) is -0.962. The number of phenols is 1. The maximum absolute atomic E-state index is 12.2. The van der Waals surface area contributed by atoms with Gasteiger partial charge in [-0.05, 0) is 12.1 Å². The molecule has 2 rings (SSSR count). The molecule has 0 radical (unpaired) electrons. The lowest BCUT2D eigenvalue weighted by Crippen LogP contribution is -2.29. The Kier molecular flexibility index (Phi) is 4.58. The van der Waals surface area contributed by atoms with Crippen LogP contribution in [-0.4, -0.2) is 35.2 Å². The average Bonchev–Trinajstić information content (AvgIpc) is 2.72. The van der Waals surface area contributed by atoms with E-state index in [0.717, 1.165) is 4.90 Å². The van der Waals surface area contributed by atoms with Crippen LogP contribution in [-0.2, 0) is 4.79 Å². The van der Waals surface area contributed by atoms with Crippen molar-refractivity contribution in [2.75, 3.05) is 13.1 Å². The van der Waals surface area contributed by atoms with Crippen molar-refractivity contribution >= 4 is 29.1 Å². The maximum atomic E-state index is 12.2. The van der Waals surface area contributed by atoms with E-state index in [1.165, 1.54) is 12.1 Å². The van der Waals surface area contributed by atoms with Gasteiger partial charge in [0.15, 0.2) is 0 Å². The Hall–Kier alpha value is -1.14. The topological polar surface area (TPSA) is 40.5 Å². The van der Waals surface area contributed by atoms with E-state index in [9.17, 15) is 23.1 Å². The van der Waals surface area contributed by atoms with Gasteiger partial charge in [0.05, 0.1) is 16.5 Å². The number of phenolic OH excluding ortho intramolecular Hbond substituents is 1. The van der Waals surface area contributed by atoms with Gasteiger partial charge in [-0.2, -0.15) is 13.2 Å².